The molecule has 128 valence electrons. The molecule has 0 radical (unpaired) electrons. The summed E-state index contributed by atoms with van der Waals surface area (Å²) in [5.41, 5.74) is 0.874. The Hall–Kier alpha value is -3.97. The lowest BCUT2D eigenvalue weighted by molar-refractivity contribution is -0.384. The highest BCUT2D eigenvalue weighted by Gasteiger charge is 2.20. The fourth-order valence-corrected chi connectivity index (χ4v) is 2.26. The van der Waals surface area contributed by atoms with Gasteiger partial charge in [-0.2, -0.15) is 10.5 Å². The maximum absolute atomic E-state index is 12.8. The normalized spacial score (nSPS) is 10.5. The fraction of sp³-hybridized carbons (Fsp3) is 0.105. The summed E-state index contributed by atoms with van der Waals surface area (Å²) < 4.78 is 0. The molecule has 0 aliphatic rings. The second-order valence-electron chi connectivity index (χ2n) is 5.22. The van der Waals surface area contributed by atoms with E-state index in [0.717, 1.165) is 0 Å². The van der Waals surface area contributed by atoms with Gasteiger partial charge in [0.15, 0.2) is 0 Å². The van der Waals surface area contributed by atoms with Gasteiger partial charge in [0.05, 0.1) is 17.4 Å². The second-order valence-corrected chi connectivity index (χ2v) is 5.22. The summed E-state index contributed by atoms with van der Waals surface area (Å²) in [6.07, 6.45) is 1.49. The van der Waals surface area contributed by atoms with Gasteiger partial charge in [-0.05, 0) is 35.9 Å². The number of amides is 1. The molecule has 0 unspecified atom stereocenters. The molecule has 1 amide bonds. The number of nitrogens with zero attached hydrogens (tertiary/aromatic N) is 4. The van der Waals surface area contributed by atoms with E-state index in [-0.39, 0.29) is 24.2 Å². The lowest BCUT2D eigenvalue weighted by Crippen LogP contribution is -2.32. The minimum absolute atomic E-state index is 0.0769. The van der Waals surface area contributed by atoms with Gasteiger partial charge >= 0.3 is 0 Å². The third-order valence-corrected chi connectivity index (χ3v) is 3.53. The highest BCUT2D eigenvalue weighted by atomic mass is 16.6. The number of nitro benzene ring substituents is 1. The lowest BCUT2D eigenvalue weighted by atomic mass is 10.1. The van der Waals surface area contributed by atoms with E-state index >= 15 is 0 Å². The molecular formula is C19H14N4O3. The van der Waals surface area contributed by atoms with Crippen molar-refractivity contribution in [3.8, 4) is 12.1 Å². The van der Waals surface area contributed by atoms with E-state index in [2.05, 4.69) is 0 Å². The number of hydrogen-bond acceptors (Lipinski definition) is 5. The molecule has 0 heterocycles. The van der Waals surface area contributed by atoms with Crippen LogP contribution in [0, 0.1) is 32.8 Å². The Morgan fingerprint density at radius 1 is 1.12 bits per heavy atom. The first-order valence-corrected chi connectivity index (χ1v) is 7.67. The number of nitriles is 2. The number of anilines is 1. The molecule has 0 bridgehead atoms. The largest absolute Gasteiger partial charge is 0.307 e. The van der Waals surface area contributed by atoms with Gasteiger partial charge in [-0.3, -0.25) is 14.9 Å². The summed E-state index contributed by atoms with van der Waals surface area (Å²) >= 11 is 0. The lowest BCUT2D eigenvalue weighted by Gasteiger charge is -2.21. The molecule has 0 atom stereocenters. The predicted octanol–water partition coefficient (Wildman–Crippen LogP) is 3.45. The number of nitro groups is 1. The first-order valence-electron chi connectivity index (χ1n) is 7.67. The van der Waals surface area contributed by atoms with E-state index in [1.54, 1.807) is 30.3 Å². The second kappa shape index (κ2) is 8.76. The van der Waals surface area contributed by atoms with Gasteiger partial charge in [0, 0.05) is 24.4 Å². The summed E-state index contributed by atoms with van der Waals surface area (Å²) in [5, 5.41) is 28.9. The van der Waals surface area contributed by atoms with Crippen molar-refractivity contribution < 1.29 is 9.72 Å². The van der Waals surface area contributed by atoms with E-state index in [1.807, 2.05) is 12.1 Å². The third kappa shape index (κ3) is 4.53. The first-order chi connectivity index (χ1) is 12.6. The van der Waals surface area contributed by atoms with Crippen LogP contribution in [0.25, 0.3) is 6.08 Å². The fourth-order valence-electron chi connectivity index (χ4n) is 2.26. The van der Waals surface area contributed by atoms with Crippen LogP contribution in [0.1, 0.15) is 12.0 Å². The summed E-state index contributed by atoms with van der Waals surface area (Å²) in [6, 6.07) is 18.1. The molecule has 0 saturated heterocycles. The van der Waals surface area contributed by atoms with Crippen LogP contribution in [-0.2, 0) is 4.79 Å². The Bertz CT molecular complexity index is 907. The van der Waals surface area contributed by atoms with Gasteiger partial charge in [0.25, 0.3) is 11.6 Å². The van der Waals surface area contributed by atoms with Gasteiger partial charge in [-0.25, -0.2) is 0 Å². The summed E-state index contributed by atoms with van der Waals surface area (Å²) in [6.45, 7) is 0.151. The SMILES string of the molecule is N#CCCN(C(=O)C(C#N)=Cc1ccc([N+](=O)[O-])cc1)c1ccccc1. The zero-order chi connectivity index (χ0) is 18.9. The Labute approximate surface area is 150 Å². The van der Waals surface area contributed by atoms with Crippen molar-refractivity contribution in [1.29, 1.82) is 10.5 Å². The molecule has 0 aromatic heterocycles. The molecular weight excluding hydrogens is 332 g/mol. The van der Waals surface area contributed by atoms with Gasteiger partial charge in [-0.15, -0.1) is 0 Å². The van der Waals surface area contributed by atoms with E-state index < -0.39 is 10.8 Å². The average molecular weight is 346 g/mol. The molecule has 0 aliphatic heterocycles. The van der Waals surface area contributed by atoms with Crippen LogP contribution >= 0.6 is 0 Å². The van der Waals surface area contributed by atoms with Crippen molar-refractivity contribution >= 4 is 23.4 Å². The van der Waals surface area contributed by atoms with Crippen molar-refractivity contribution in [3.63, 3.8) is 0 Å². The van der Waals surface area contributed by atoms with E-state index in [4.69, 9.17) is 5.26 Å². The summed E-state index contributed by atoms with van der Waals surface area (Å²) in [5.74, 6) is -0.535. The first kappa shape index (κ1) is 18.4. The van der Waals surface area contributed by atoms with E-state index in [9.17, 15) is 20.2 Å². The number of para-hydroxylation sites is 1. The van der Waals surface area contributed by atoms with Gasteiger partial charge in [-0.1, -0.05) is 18.2 Å². The standard InChI is InChI=1S/C19H14N4O3/c20-11-4-12-22(17-5-2-1-3-6-17)19(24)16(14-21)13-15-7-9-18(10-8-15)23(25)26/h1-3,5-10,13H,4,12H2. The molecule has 0 saturated carbocycles. The predicted molar refractivity (Wildman–Crippen MR) is 95.7 cm³/mol. The topological polar surface area (TPSA) is 111 Å². The zero-order valence-electron chi connectivity index (χ0n) is 13.7. The Balaban J connectivity index is 2.33. The zero-order valence-corrected chi connectivity index (χ0v) is 13.7. The molecule has 0 fully saturated rings. The van der Waals surface area contributed by atoms with Gasteiger partial charge in [0.1, 0.15) is 11.6 Å². The molecule has 0 spiro atoms. The Morgan fingerprint density at radius 3 is 2.31 bits per heavy atom. The summed E-state index contributed by atoms with van der Waals surface area (Å²) in [4.78, 5) is 24.3. The van der Waals surface area contributed by atoms with Crippen LogP contribution in [0.15, 0.2) is 60.2 Å². The highest BCUT2D eigenvalue weighted by Crippen LogP contribution is 2.19. The maximum Gasteiger partial charge on any atom is 0.269 e. The number of carbonyl (C=O) groups excluding carboxylic acids is 1. The minimum atomic E-state index is -0.535. The van der Waals surface area contributed by atoms with Crippen LogP contribution < -0.4 is 4.90 Å². The molecule has 2 aromatic rings. The highest BCUT2D eigenvalue weighted by molar-refractivity contribution is 6.11. The molecule has 26 heavy (non-hydrogen) atoms. The monoisotopic (exact) mass is 346 g/mol. The number of carbonyl (C=O) groups is 1. The van der Waals surface area contributed by atoms with Gasteiger partial charge < -0.3 is 4.90 Å². The Kier molecular flexibility index (Phi) is 6.19. The molecule has 7 heteroatoms. The van der Waals surface area contributed by atoms with Crippen molar-refractivity contribution in [2.24, 2.45) is 0 Å². The van der Waals surface area contributed by atoms with Crippen LogP contribution in [0.2, 0.25) is 0 Å². The van der Waals surface area contributed by atoms with Crippen molar-refractivity contribution in [3.05, 3.63) is 75.8 Å². The molecule has 0 aliphatic carbocycles. The molecule has 2 aromatic carbocycles. The van der Waals surface area contributed by atoms with E-state index in [1.165, 1.54) is 35.2 Å². The quantitative estimate of drug-likeness (QED) is 0.344. The maximum atomic E-state index is 12.8. The van der Waals surface area contributed by atoms with Crippen LogP contribution in [0.4, 0.5) is 11.4 Å². The Morgan fingerprint density at radius 2 is 1.77 bits per heavy atom. The number of hydrogen-bond donors (Lipinski definition) is 0. The smallest absolute Gasteiger partial charge is 0.269 e. The van der Waals surface area contributed by atoms with Crippen molar-refractivity contribution in [1.82, 2.24) is 0 Å². The average Bonchev–Trinajstić information content (AvgIpc) is 2.67. The molecule has 7 nitrogen and oxygen atoms in total. The summed E-state index contributed by atoms with van der Waals surface area (Å²) in [7, 11) is 0. The minimum Gasteiger partial charge on any atom is -0.307 e. The van der Waals surface area contributed by atoms with E-state index in [0.29, 0.717) is 11.3 Å². The molecule has 2 rings (SSSR count). The van der Waals surface area contributed by atoms with Crippen LogP contribution in [-0.4, -0.2) is 17.4 Å². The van der Waals surface area contributed by atoms with Crippen molar-refractivity contribution in [2.75, 3.05) is 11.4 Å². The number of non-ortho nitro benzene ring substituents is 1. The molecule has 0 N–H and O–H groups in total. The van der Waals surface area contributed by atoms with Gasteiger partial charge in [0.2, 0.25) is 0 Å². The third-order valence-electron chi connectivity index (χ3n) is 3.53. The van der Waals surface area contributed by atoms with Crippen molar-refractivity contribution in [2.45, 2.75) is 6.42 Å². The number of benzene rings is 2. The van der Waals surface area contributed by atoms with Crippen LogP contribution in [0.3, 0.4) is 0 Å². The van der Waals surface area contributed by atoms with Crippen LogP contribution in [0.5, 0.6) is 0 Å². The number of rotatable bonds is 6.